The number of benzene rings is 2. The van der Waals surface area contributed by atoms with Crippen molar-refractivity contribution in [3.8, 4) is 11.5 Å². The van der Waals surface area contributed by atoms with Gasteiger partial charge in [0.2, 0.25) is 10.0 Å². The van der Waals surface area contributed by atoms with Crippen molar-refractivity contribution in [2.75, 3.05) is 7.11 Å². The van der Waals surface area contributed by atoms with E-state index in [0.717, 1.165) is 35.4 Å². The second kappa shape index (κ2) is 9.04. The summed E-state index contributed by atoms with van der Waals surface area (Å²) in [7, 11) is -2.39. The number of rotatable bonds is 8. The topological polar surface area (TPSA) is 64.6 Å². The van der Waals surface area contributed by atoms with Gasteiger partial charge in [-0.25, -0.2) is 13.1 Å². The molecule has 0 aliphatic heterocycles. The van der Waals surface area contributed by atoms with Gasteiger partial charge in [-0.05, 0) is 55.2 Å². The Morgan fingerprint density at radius 1 is 1.07 bits per heavy atom. The Labute approximate surface area is 168 Å². The summed E-state index contributed by atoms with van der Waals surface area (Å²) in [6.07, 6.45) is -4.44. The first-order valence-corrected chi connectivity index (χ1v) is 10.4. The van der Waals surface area contributed by atoms with Gasteiger partial charge >= 0.3 is 6.36 Å². The van der Waals surface area contributed by atoms with Gasteiger partial charge < -0.3 is 9.47 Å². The molecule has 0 aliphatic carbocycles. The van der Waals surface area contributed by atoms with E-state index in [4.69, 9.17) is 4.74 Å². The van der Waals surface area contributed by atoms with Gasteiger partial charge in [-0.1, -0.05) is 31.5 Å². The molecule has 160 valence electrons. The van der Waals surface area contributed by atoms with Crippen LogP contribution in [0.2, 0.25) is 0 Å². The van der Waals surface area contributed by atoms with E-state index in [9.17, 15) is 21.6 Å². The van der Waals surface area contributed by atoms with Crippen LogP contribution in [0.5, 0.6) is 11.5 Å². The van der Waals surface area contributed by atoms with E-state index in [0.29, 0.717) is 12.2 Å². The Morgan fingerprint density at radius 2 is 1.69 bits per heavy atom. The summed E-state index contributed by atoms with van der Waals surface area (Å²) < 4.78 is 74.1. The van der Waals surface area contributed by atoms with E-state index in [1.807, 2.05) is 39.0 Å². The van der Waals surface area contributed by atoms with Crippen molar-refractivity contribution in [1.82, 2.24) is 4.72 Å². The normalized spacial score (nSPS) is 13.4. The molecule has 0 unspecified atom stereocenters. The van der Waals surface area contributed by atoms with Crippen molar-refractivity contribution in [3.63, 3.8) is 0 Å². The monoisotopic (exact) mass is 431 g/mol. The summed E-state index contributed by atoms with van der Waals surface area (Å²) in [5.74, 6) is 0.137. The van der Waals surface area contributed by atoms with Crippen molar-refractivity contribution >= 4 is 10.0 Å². The van der Waals surface area contributed by atoms with Crippen LogP contribution < -0.4 is 14.2 Å². The molecular weight excluding hydrogens is 407 g/mol. The summed E-state index contributed by atoms with van der Waals surface area (Å²) in [5.41, 5.74) is 1.88. The smallest absolute Gasteiger partial charge is 0.496 e. The molecule has 2 rings (SSSR count). The molecule has 0 saturated carbocycles. The van der Waals surface area contributed by atoms with Crippen LogP contribution in [0.25, 0.3) is 0 Å². The van der Waals surface area contributed by atoms with Crippen molar-refractivity contribution < 1.29 is 31.1 Å². The number of halogens is 3. The lowest BCUT2D eigenvalue weighted by molar-refractivity contribution is -0.274. The molecule has 5 nitrogen and oxygen atoms in total. The van der Waals surface area contributed by atoms with Gasteiger partial charge in [0.25, 0.3) is 0 Å². The van der Waals surface area contributed by atoms with E-state index in [2.05, 4.69) is 9.46 Å². The molecule has 0 heterocycles. The zero-order chi connectivity index (χ0) is 21.8. The molecule has 0 amide bonds. The molecule has 2 aromatic carbocycles. The van der Waals surface area contributed by atoms with E-state index >= 15 is 0 Å². The molecule has 29 heavy (non-hydrogen) atoms. The van der Waals surface area contributed by atoms with Crippen molar-refractivity contribution in [3.05, 3.63) is 53.6 Å². The fraction of sp³-hybridized carbons (Fsp3) is 0.400. The Balaban J connectivity index is 2.22. The zero-order valence-corrected chi connectivity index (χ0v) is 17.4. The van der Waals surface area contributed by atoms with E-state index < -0.39 is 28.2 Å². The predicted octanol–water partition coefficient (Wildman–Crippen LogP) is 4.45. The molecule has 0 spiro atoms. The van der Waals surface area contributed by atoms with Gasteiger partial charge in [0, 0.05) is 6.04 Å². The number of ether oxygens (including phenoxy) is 2. The van der Waals surface area contributed by atoms with Gasteiger partial charge in [-0.2, -0.15) is 0 Å². The van der Waals surface area contributed by atoms with Gasteiger partial charge in [-0.3, -0.25) is 0 Å². The summed E-state index contributed by atoms with van der Waals surface area (Å²) in [5, 5.41) is 0. The van der Waals surface area contributed by atoms with Crippen LogP contribution in [0.4, 0.5) is 13.2 Å². The number of aryl methyl sites for hydroxylation is 1. The number of alkyl halides is 3. The van der Waals surface area contributed by atoms with Crippen molar-refractivity contribution in [2.45, 2.75) is 44.5 Å². The molecule has 0 aromatic heterocycles. The highest BCUT2D eigenvalue weighted by molar-refractivity contribution is 7.89. The lowest BCUT2D eigenvalue weighted by Gasteiger charge is -2.23. The minimum atomic E-state index is -4.84. The van der Waals surface area contributed by atoms with Gasteiger partial charge in [0.1, 0.15) is 11.5 Å². The minimum Gasteiger partial charge on any atom is -0.496 e. The first kappa shape index (κ1) is 23.0. The molecule has 0 bridgehead atoms. The average Bonchev–Trinajstić information content (AvgIpc) is 2.60. The third-order valence-corrected chi connectivity index (χ3v) is 5.86. The summed E-state index contributed by atoms with van der Waals surface area (Å²) in [4.78, 5) is -0.145. The Kier molecular flexibility index (Phi) is 7.18. The van der Waals surface area contributed by atoms with E-state index in [-0.39, 0.29) is 10.8 Å². The fourth-order valence-corrected chi connectivity index (χ4v) is 4.19. The third-order valence-electron chi connectivity index (χ3n) is 4.35. The summed E-state index contributed by atoms with van der Waals surface area (Å²) in [6, 6.07) is 9.32. The number of hydrogen-bond acceptors (Lipinski definition) is 4. The largest absolute Gasteiger partial charge is 0.573 e. The number of hydrogen-bond donors (Lipinski definition) is 1. The number of nitrogens with one attached hydrogen (secondary N) is 1. The quantitative estimate of drug-likeness (QED) is 0.671. The Morgan fingerprint density at radius 3 is 2.21 bits per heavy atom. The average molecular weight is 431 g/mol. The second-order valence-corrected chi connectivity index (χ2v) is 8.72. The fourth-order valence-electron chi connectivity index (χ4n) is 2.81. The van der Waals surface area contributed by atoms with Gasteiger partial charge in [0.05, 0.1) is 12.0 Å². The van der Waals surface area contributed by atoms with E-state index in [1.54, 1.807) is 7.11 Å². The van der Waals surface area contributed by atoms with Crippen LogP contribution in [-0.4, -0.2) is 27.9 Å². The Bertz CT molecular complexity index is 926. The SMILES string of the molecule is COc1ccc(C)cc1C[C@@H](NS(=O)(=O)c1ccc(OC(F)(F)F)cc1)C(C)C. The third kappa shape index (κ3) is 6.64. The lowest BCUT2D eigenvalue weighted by Crippen LogP contribution is -2.40. The molecule has 1 N–H and O–H groups in total. The van der Waals surface area contributed by atoms with Crippen LogP contribution >= 0.6 is 0 Å². The molecule has 0 radical (unpaired) electrons. The summed E-state index contributed by atoms with van der Waals surface area (Å²) >= 11 is 0. The lowest BCUT2D eigenvalue weighted by atomic mass is 9.96. The zero-order valence-electron chi connectivity index (χ0n) is 16.6. The van der Waals surface area contributed by atoms with Crippen LogP contribution in [-0.2, 0) is 16.4 Å². The highest BCUT2D eigenvalue weighted by atomic mass is 32.2. The number of methoxy groups -OCH3 is 1. The van der Waals surface area contributed by atoms with E-state index in [1.165, 1.54) is 0 Å². The van der Waals surface area contributed by atoms with Crippen LogP contribution in [0.3, 0.4) is 0 Å². The summed E-state index contributed by atoms with van der Waals surface area (Å²) in [6.45, 7) is 5.70. The second-order valence-electron chi connectivity index (χ2n) is 7.01. The van der Waals surface area contributed by atoms with Crippen molar-refractivity contribution in [2.24, 2.45) is 5.92 Å². The molecule has 0 fully saturated rings. The molecule has 0 aliphatic rings. The van der Waals surface area contributed by atoms with Crippen LogP contribution in [0.15, 0.2) is 47.4 Å². The van der Waals surface area contributed by atoms with Crippen LogP contribution in [0.1, 0.15) is 25.0 Å². The van der Waals surface area contributed by atoms with Crippen LogP contribution in [0, 0.1) is 12.8 Å². The molecule has 1 atom stereocenters. The van der Waals surface area contributed by atoms with Gasteiger partial charge in [-0.15, -0.1) is 13.2 Å². The molecule has 9 heteroatoms. The van der Waals surface area contributed by atoms with Gasteiger partial charge in [0.15, 0.2) is 0 Å². The number of sulfonamides is 1. The van der Waals surface area contributed by atoms with Crippen molar-refractivity contribution in [1.29, 1.82) is 0 Å². The predicted molar refractivity (Wildman–Crippen MR) is 104 cm³/mol. The molecule has 0 saturated heterocycles. The molecular formula is C20H24F3NO4S. The first-order valence-electron chi connectivity index (χ1n) is 8.93. The maximum atomic E-state index is 12.7. The maximum absolute atomic E-state index is 12.7. The standard InChI is InChI=1S/C20H24F3NO4S/c1-13(2)18(12-15-11-14(3)5-10-19(15)27-4)24-29(25,26)17-8-6-16(7-9-17)28-20(21,22)23/h5-11,13,18,24H,12H2,1-4H3/t18-/m1/s1. The minimum absolute atomic E-state index is 0.0390. The Hall–Kier alpha value is -2.26. The highest BCUT2D eigenvalue weighted by Crippen LogP contribution is 2.26. The maximum Gasteiger partial charge on any atom is 0.573 e. The molecule has 2 aromatic rings. The highest BCUT2D eigenvalue weighted by Gasteiger charge is 2.31. The first-order chi connectivity index (χ1) is 13.4.